The van der Waals surface area contributed by atoms with E-state index in [1.807, 2.05) is 11.9 Å². The van der Waals surface area contributed by atoms with Crippen molar-refractivity contribution in [3.8, 4) is 5.88 Å². The summed E-state index contributed by atoms with van der Waals surface area (Å²) >= 11 is 0. The van der Waals surface area contributed by atoms with Gasteiger partial charge in [0.15, 0.2) is 6.61 Å². The Morgan fingerprint density at radius 2 is 2.21 bits per heavy atom. The molecular formula is C15H20F3N3O3. The highest BCUT2D eigenvalue weighted by Crippen LogP contribution is 2.19. The van der Waals surface area contributed by atoms with Crippen LogP contribution in [0.15, 0.2) is 18.3 Å². The van der Waals surface area contributed by atoms with Gasteiger partial charge in [-0.3, -0.25) is 9.69 Å². The van der Waals surface area contributed by atoms with Gasteiger partial charge < -0.3 is 14.8 Å². The van der Waals surface area contributed by atoms with Gasteiger partial charge in [0, 0.05) is 32.5 Å². The van der Waals surface area contributed by atoms with Crippen LogP contribution < -0.4 is 10.1 Å². The molecule has 2 rings (SSSR count). The maximum Gasteiger partial charge on any atom is 0.422 e. The van der Waals surface area contributed by atoms with Crippen LogP contribution in [0.3, 0.4) is 0 Å². The van der Waals surface area contributed by atoms with E-state index in [1.165, 1.54) is 12.3 Å². The number of hydrogen-bond donors (Lipinski definition) is 1. The Morgan fingerprint density at radius 1 is 1.46 bits per heavy atom. The first-order valence-electron chi connectivity index (χ1n) is 7.43. The number of ether oxygens (including phenoxy) is 2. The number of nitrogens with zero attached hydrogens (tertiary/aromatic N) is 2. The molecule has 0 unspecified atom stereocenters. The normalized spacial score (nSPS) is 21.7. The number of pyridine rings is 1. The summed E-state index contributed by atoms with van der Waals surface area (Å²) in [6, 6.07) is 2.66. The van der Waals surface area contributed by atoms with Crippen LogP contribution in [0, 0.1) is 0 Å². The van der Waals surface area contributed by atoms with Crippen molar-refractivity contribution in [3.63, 3.8) is 0 Å². The molecule has 2 atom stereocenters. The smallest absolute Gasteiger partial charge is 0.422 e. The zero-order valence-electron chi connectivity index (χ0n) is 13.5. The van der Waals surface area contributed by atoms with E-state index < -0.39 is 12.8 Å². The number of likely N-dealkylation sites (N-methyl/N-ethyl adjacent to an activating group) is 1. The predicted octanol–water partition coefficient (Wildman–Crippen LogP) is 1.36. The van der Waals surface area contributed by atoms with Gasteiger partial charge in [-0.2, -0.15) is 13.2 Å². The lowest BCUT2D eigenvalue weighted by Gasteiger charge is -2.18. The van der Waals surface area contributed by atoms with E-state index in [9.17, 15) is 18.0 Å². The summed E-state index contributed by atoms with van der Waals surface area (Å²) in [5.41, 5.74) is 0.673. The second-order valence-electron chi connectivity index (χ2n) is 5.68. The molecule has 0 saturated carbocycles. The summed E-state index contributed by atoms with van der Waals surface area (Å²) in [6.45, 7) is -0.445. The van der Waals surface area contributed by atoms with Crippen molar-refractivity contribution in [3.05, 3.63) is 23.9 Å². The highest BCUT2D eigenvalue weighted by molar-refractivity contribution is 5.82. The van der Waals surface area contributed by atoms with Crippen molar-refractivity contribution in [1.29, 1.82) is 0 Å². The summed E-state index contributed by atoms with van der Waals surface area (Å²) < 4.78 is 45.9. The molecule has 0 radical (unpaired) electrons. The average Bonchev–Trinajstić information content (AvgIpc) is 2.92. The first-order valence-corrected chi connectivity index (χ1v) is 7.43. The molecule has 0 bridgehead atoms. The number of carbonyl (C=O) groups excluding carboxylic acids is 1. The molecule has 0 aliphatic carbocycles. The van der Waals surface area contributed by atoms with E-state index in [0.717, 1.165) is 0 Å². The molecule has 0 spiro atoms. The quantitative estimate of drug-likeness (QED) is 0.842. The number of carbonyl (C=O) groups is 1. The predicted molar refractivity (Wildman–Crippen MR) is 79.5 cm³/mol. The fourth-order valence-electron chi connectivity index (χ4n) is 2.49. The average molecular weight is 347 g/mol. The fourth-order valence-corrected chi connectivity index (χ4v) is 2.49. The SMILES string of the molecule is CO[C@H]1C[C@@H](C(=O)NCc2ccc(OCC(F)(F)F)nc2)N(C)C1. The molecule has 1 aliphatic heterocycles. The first-order chi connectivity index (χ1) is 11.3. The van der Waals surface area contributed by atoms with Crippen LogP contribution in [0.4, 0.5) is 13.2 Å². The van der Waals surface area contributed by atoms with Gasteiger partial charge in [-0.05, 0) is 19.0 Å². The Morgan fingerprint density at radius 3 is 2.75 bits per heavy atom. The third kappa shape index (κ3) is 5.34. The van der Waals surface area contributed by atoms with Gasteiger partial charge in [-0.15, -0.1) is 0 Å². The molecule has 1 N–H and O–H groups in total. The van der Waals surface area contributed by atoms with E-state index in [1.54, 1.807) is 13.2 Å². The Balaban J connectivity index is 1.81. The molecule has 1 aromatic rings. The molecule has 24 heavy (non-hydrogen) atoms. The van der Waals surface area contributed by atoms with Gasteiger partial charge >= 0.3 is 6.18 Å². The number of amides is 1. The minimum Gasteiger partial charge on any atom is -0.468 e. The Bertz CT molecular complexity index is 551. The number of likely N-dealkylation sites (tertiary alicyclic amines) is 1. The zero-order valence-corrected chi connectivity index (χ0v) is 13.5. The summed E-state index contributed by atoms with van der Waals surface area (Å²) in [4.78, 5) is 17.9. The molecule has 2 heterocycles. The molecule has 134 valence electrons. The number of alkyl halides is 3. The number of nitrogens with one attached hydrogen (secondary N) is 1. The number of rotatable bonds is 6. The lowest BCUT2D eigenvalue weighted by atomic mass is 10.2. The second-order valence-corrected chi connectivity index (χ2v) is 5.68. The Labute approximate surface area is 137 Å². The van der Waals surface area contributed by atoms with Gasteiger partial charge in [-0.25, -0.2) is 4.98 Å². The lowest BCUT2D eigenvalue weighted by molar-refractivity contribution is -0.154. The van der Waals surface area contributed by atoms with Crippen molar-refractivity contribution in [2.24, 2.45) is 0 Å². The summed E-state index contributed by atoms with van der Waals surface area (Å²) in [5, 5.41) is 2.79. The van der Waals surface area contributed by atoms with E-state index in [0.29, 0.717) is 18.5 Å². The van der Waals surface area contributed by atoms with Crippen LogP contribution in [0.2, 0.25) is 0 Å². The maximum absolute atomic E-state index is 12.2. The largest absolute Gasteiger partial charge is 0.468 e. The van der Waals surface area contributed by atoms with Crippen molar-refractivity contribution >= 4 is 5.91 Å². The summed E-state index contributed by atoms with van der Waals surface area (Å²) in [6.07, 6.45) is -2.36. The molecule has 1 aromatic heterocycles. The van der Waals surface area contributed by atoms with Crippen LogP contribution in [0.5, 0.6) is 5.88 Å². The minimum absolute atomic E-state index is 0.0393. The van der Waals surface area contributed by atoms with Gasteiger partial charge in [0.05, 0.1) is 12.1 Å². The van der Waals surface area contributed by atoms with Gasteiger partial charge in [0.1, 0.15) is 0 Å². The highest BCUT2D eigenvalue weighted by Gasteiger charge is 2.34. The lowest BCUT2D eigenvalue weighted by Crippen LogP contribution is -2.41. The van der Waals surface area contributed by atoms with Crippen LogP contribution in [-0.4, -0.2) is 61.4 Å². The van der Waals surface area contributed by atoms with Crippen molar-refractivity contribution in [2.45, 2.75) is 31.3 Å². The van der Waals surface area contributed by atoms with Gasteiger partial charge in [0.25, 0.3) is 0 Å². The summed E-state index contributed by atoms with van der Waals surface area (Å²) in [7, 11) is 3.48. The third-order valence-corrected chi connectivity index (χ3v) is 3.79. The molecule has 1 aliphatic rings. The molecule has 1 fully saturated rings. The molecule has 0 aromatic carbocycles. The van der Waals surface area contributed by atoms with E-state index >= 15 is 0 Å². The summed E-state index contributed by atoms with van der Waals surface area (Å²) in [5.74, 6) is -0.227. The van der Waals surface area contributed by atoms with Crippen molar-refractivity contribution in [2.75, 3.05) is 27.3 Å². The second kappa shape index (κ2) is 7.80. The molecule has 1 saturated heterocycles. The van der Waals surface area contributed by atoms with Gasteiger partial charge in [-0.1, -0.05) is 6.07 Å². The Kier molecular flexibility index (Phi) is 6.00. The van der Waals surface area contributed by atoms with Crippen LogP contribution in [0.25, 0.3) is 0 Å². The molecule has 9 heteroatoms. The molecule has 1 amide bonds. The topological polar surface area (TPSA) is 63.7 Å². The fraction of sp³-hybridized carbons (Fsp3) is 0.600. The molecular weight excluding hydrogens is 327 g/mol. The number of methoxy groups -OCH3 is 1. The standard InChI is InChI=1S/C15H20F3N3O3/c1-21-8-11(23-2)5-12(21)14(22)20-7-10-3-4-13(19-6-10)24-9-15(16,17)18/h3-4,6,11-12H,5,7-9H2,1-2H3,(H,20,22)/t11-,12-/m0/s1. The van der Waals surface area contributed by atoms with Crippen LogP contribution in [-0.2, 0) is 16.1 Å². The van der Waals surface area contributed by atoms with Crippen LogP contribution in [0.1, 0.15) is 12.0 Å². The highest BCUT2D eigenvalue weighted by atomic mass is 19.4. The zero-order chi connectivity index (χ0) is 17.7. The number of halogens is 3. The number of aromatic nitrogens is 1. The first kappa shape index (κ1) is 18.5. The Hall–Kier alpha value is -1.87. The molecule has 6 nitrogen and oxygen atoms in total. The number of hydrogen-bond acceptors (Lipinski definition) is 5. The van der Waals surface area contributed by atoms with Crippen LogP contribution >= 0.6 is 0 Å². The van der Waals surface area contributed by atoms with Crippen molar-refractivity contribution in [1.82, 2.24) is 15.2 Å². The van der Waals surface area contributed by atoms with Gasteiger partial charge in [0.2, 0.25) is 11.8 Å². The monoisotopic (exact) mass is 347 g/mol. The minimum atomic E-state index is -4.40. The van der Waals surface area contributed by atoms with E-state index in [4.69, 9.17) is 4.74 Å². The third-order valence-electron chi connectivity index (χ3n) is 3.79. The van der Waals surface area contributed by atoms with E-state index in [2.05, 4.69) is 15.0 Å². The van der Waals surface area contributed by atoms with E-state index in [-0.39, 0.29) is 30.5 Å². The van der Waals surface area contributed by atoms with Crippen molar-refractivity contribution < 1.29 is 27.4 Å². The maximum atomic E-state index is 12.2.